The van der Waals surface area contributed by atoms with Crippen molar-refractivity contribution < 1.29 is 0 Å². The Morgan fingerprint density at radius 3 is 2.63 bits per heavy atom. The number of thiophene rings is 1. The molecule has 3 rings (SSSR count). The maximum absolute atomic E-state index is 5.79. The maximum Gasteiger partial charge on any atom is 0.0724 e. The van der Waals surface area contributed by atoms with Gasteiger partial charge in [-0.1, -0.05) is 42.5 Å². The summed E-state index contributed by atoms with van der Waals surface area (Å²) >= 11 is 4.08. The van der Waals surface area contributed by atoms with Crippen LogP contribution in [-0.2, 0) is 0 Å². The summed E-state index contributed by atoms with van der Waals surface area (Å²) in [6, 6.07) is 17.0. The third-order valence-corrected chi connectivity index (χ3v) is 5.03. The molecule has 19 heavy (non-hydrogen) atoms. The second-order valence-corrected chi connectivity index (χ2v) is 7.16. The fourth-order valence-electron chi connectivity index (χ4n) is 2.34. The van der Waals surface area contributed by atoms with Gasteiger partial charge in [0, 0.05) is 0 Å². The van der Waals surface area contributed by atoms with Gasteiger partial charge in [-0.05, 0) is 55.9 Å². The first kappa shape index (κ1) is 13.1. The van der Waals surface area contributed by atoms with E-state index in [0.29, 0.717) is 0 Å². The Hall–Kier alpha value is -0.950. The number of nitrogens with one attached hydrogen (secondary N) is 1. The molecule has 0 fully saturated rings. The lowest BCUT2D eigenvalue weighted by Crippen LogP contribution is -2.28. The third-order valence-electron chi connectivity index (χ3n) is 3.22. The van der Waals surface area contributed by atoms with E-state index in [2.05, 4.69) is 81.9 Å². The van der Waals surface area contributed by atoms with E-state index < -0.39 is 0 Å². The van der Waals surface area contributed by atoms with E-state index >= 15 is 0 Å². The zero-order valence-electron chi connectivity index (χ0n) is 10.1. The summed E-state index contributed by atoms with van der Waals surface area (Å²) in [4.78, 5) is 0. The molecule has 0 radical (unpaired) electrons. The molecule has 1 heterocycles. The summed E-state index contributed by atoms with van der Waals surface area (Å²) in [7, 11) is 0. The highest BCUT2D eigenvalue weighted by atomic mass is 127. The van der Waals surface area contributed by atoms with Gasteiger partial charge in [0.05, 0.1) is 8.93 Å². The lowest BCUT2D eigenvalue weighted by atomic mass is 9.96. The molecule has 0 aliphatic heterocycles. The maximum atomic E-state index is 5.79. The molecule has 2 aromatic carbocycles. The minimum atomic E-state index is 0.0332. The number of nitrogens with two attached hydrogens (primary N) is 1. The Kier molecular flexibility index (Phi) is 3.83. The molecular formula is C15H13IN2S. The molecule has 0 aliphatic carbocycles. The SMILES string of the molecule is NNC(c1csc(I)c1)c1cccc2ccccc12. The van der Waals surface area contributed by atoms with Crippen LogP contribution in [0.2, 0.25) is 0 Å². The van der Waals surface area contributed by atoms with Crippen molar-refractivity contribution in [2.45, 2.75) is 6.04 Å². The number of benzene rings is 2. The molecule has 0 bridgehead atoms. The Bertz CT molecular complexity index is 703. The van der Waals surface area contributed by atoms with Crippen LogP contribution in [0.4, 0.5) is 0 Å². The molecule has 0 saturated heterocycles. The molecule has 4 heteroatoms. The van der Waals surface area contributed by atoms with Gasteiger partial charge < -0.3 is 0 Å². The minimum absolute atomic E-state index is 0.0332. The van der Waals surface area contributed by atoms with Crippen LogP contribution in [0.1, 0.15) is 17.2 Å². The van der Waals surface area contributed by atoms with Gasteiger partial charge in [0.2, 0.25) is 0 Å². The van der Waals surface area contributed by atoms with Gasteiger partial charge in [-0.2, -0.15) is 0 Å². The van der Waals surface area contributed by atoms with Crippen LogP contribution >= 0.6 is 33.9 Å². The van der Waals surface area contributed by atoms with E-state index in [1.54, 1.807) is 11.3 Å². The average molecular weight is 380 g/mol. The molecule has 96 valence electrons. The quantitative estimate of drug-likeness (QED) is 0.409. The number of fused-ring (bicyclic) bond motifs is 1. The van der Waals surface area contributed by atoms with Crippen molar-refractivity contribution >= 4 is 44.7 Å². The Labute approximate surface area is 129 Å². The van der Waals surface area contributed by atoms with Crippen LogP contribution in [0.5, 0.6) is 0 Å². The van der Waals surface area contributed by atoms with Crippen molar-refractivity contribution in [3.8, 4) is 0 Å². The van der Waals surface area contributed by atoms with E-state index in [9.17, 15) is 0 Å². The van der Waals surface area contributed by atoms with Crippen LogP contribution in [0.15, 0.2) is 53.9 Å². The van der Waals surface area contributed by atoms with Crippen molar-refractivity contribution in [2.24, 2.45) is 5.84 Å². The molecular weight excluding hydrogens is 367 g/mol. The number of rotatable bonds is 3. The van der Waals surface area contributed by atoms with Gasteiger partial charge in [-0.25, -0.2) is 5.43 Å². The first-order chi connectivity index (χ1) is 9.29. The second kappa shape index (κ2) is 5.58. The smallest absolute Gasteiger partial charge is 0.0724 e. The van der Waals surface area contributed by atoms with Gasteiger partial charge in [-0.15, -0.1) is 11.3 Å². The molecule has 0 aliphatic rings. The fraction of sp³-hybridized carbons (Fsp3) is 0.0667. The molecule has 0 spiro atoms. The fourth-order valence-corrected chi connectivity index (χ4v) is 3.74. The lowest BCUT2D eigenvalue weighted by molar-refractivity contribution is 0.643. The van der Waals surface area contributed by atoms with Gasteiger partial charge >= 0.3 is 0 Å². The molecule has 1 atom stereocenters. The van der Waals surface area contributed by atoms with Crippen molar-refractivity contribution in [3.63, 3.8) is 0 Å². The minimum Gasteiger partial charge on any atom is -0.271 e. The normalized spacial score (nSPS) is 12.7. The number of hydrogen-bond donors (Lipinski definition) is 2. The topological polar surface area (TPSA) is 38.0 Å². The van der Waals surface area contributed by atoms with E-state index in [0.717, 1.165) is 0 Å². The Morgan fingerprint density at radius 2 is 1.89 bits per heavy atom. The molecule has 1 aromatic heterocycles. The highest BCUT2D eigenvalue weighted by Gasteiger charge is 2.16. The standard InChI is InChI=1S/C15H13IN2S/c16-14-8-11(9-19-14)15(18-17)13-7-3-5-10-4-1-2-6-12(10)13/h1-9,15,18H,17H2. The van der Waals surface area contributed by atoms with E-state index in [4.69, 9.17) is 5.84 Å². The van der Waals surface area contributed by atoms with E-state index in [1.807, 2.05) is 0 Å². The predicted molar refractivity (Wildman–Crippen MR) is 90.2 cm³/mol. The molecule has 0 amide bonds. The van der Waals surface area contributed by atoms with Gasteiger partial charge in [0.25, 0.3) is 0 Å². The van der Waals surface area contributed by atoms with E-state index in [-0.39, 0.29) is 6.04 Å². The number of hydrogen-bond acceptors (Lipinski definition) is 3. The van der Waals surface area contributed by atoms with Crippen LogP contribution in [0.25, 0.3) is 10.8 Å². The molecule has 3 aromatic rings. The van der Waals surface area contributed by atoms with Crippen molar-refractivity contribution in [2.75, 3.05) is 0 Å². The summed E-state index contributed by atoms with van der Waals surface area (Å²) in [6.45, 7) is 0. The molecule has 1 unspecified atom stereocenters. The Balaban J connectivity index is 2.16. The summed E-state index contributed by atoms with van der Waals surface area (Å²) in [6.07, 6.45) is 0. The van der Waals surface area contributed by atoms with Crippen LogP contribution in [-0.4, -0.2) is 0 Å². The lowest BCUT2D eigenvalue weighted by Gasteiger charge is -2.17. The molecule has 3 N–H and O–H groups in total. The van der Waals surface area contributed by atoms with Crippen LogP contribution in [0.3, 0.4) is 0 Å². The van der Waals surface area contributed by atoms with Crippen molar-refractivity contribution in [1.29, 1.82) is 0 Å². The second-order valence-electron chi connectivity index (χ2n) is 4.35. The summed E-state index contributed by atoms with van der Waals surface area (Å²) in [5, 5.41) is 4.65. The number of hydrazine groups is 1. The first-order valence-corrected chi connectivity index (χ1v) is 7.93. The summed E-state index contributed by atoms with van der Waals surface area (Å²) in [5.74, 6) is 5.79. The largest absolute Gasteiger partial charge is 0.271 e. The zero-order chi connectivity index (χ0) is 13.2. The Morgan fingerprint density at radius 1 is 1.11 bits per heavy atom. The van der Waals surface area contributed by atoms with Crippen LogP contribution < -0.4 is 11.3 Å². The van der Waals surface area contributed by atoms with Crippen molar-refractivity contribution in [3.05, 3.63) is 67.9 Å². The highest BCUT2D eigenvalue weighted by Crippen LogP contribution is 2.31. The zero-order valence-corrected chi connectivity index (χ0v) is 13.1. The molecule has 2 nitrogen and oxygen atoms in total. The monoisotopic (exact) mass is 380 g/mol. The highest BCUT2D eigenvalue weighted by molar-refractivity contribution is 14.1. The predicted octanol–water partition coefficient (Wildman–Crippen LogP) is 4.06. The first-order valence-electron chi connectivity index (χ1n) is 5.97. The van der Waals surface area contributed by atoms with E-state index in [1.165, 1.54) is 24.8 Å². The molecule has 0 saturated carbocycles. The van der Waals surface area contributed by atoms with Gasteiger partial charge in [-0.3, -0.25) is 5.84 Å². The van der Waals surface area contributed by atoms with Gasteiger partial charge in [0.15, 0.2) is 0 Å². The van der Waals surface area contributed by atoms with Crippen molar-refractivity contribution in [1.82, 2.24) is 5.43 Å². The van der Waals surface area contributed by atoms with Crippen LogP contribution in [0, 0.1) is 2.88 Å². The van der Waals surface area contributed by atoms with Gasteiger partial charge in [0.1, 0.15) is 0 Å². The summed E-state index contributed by atoms with van der Waals surface area (Å²) in [5.41, 5.74) is 5.38. The average Bonchev–Trinajstić information content (AvgIpc) is 2.86. The summed E-state index contributed by atoms with van der Waals surface area (Å²) < 4.78 is 1.27. The number of halogens is 1. The third kappa shape index (κ3) is 2.53.